The van der Waals surface area contributed by atoms with Crippen LogP contribution in [-0.2, 0) is 4.74 Å². The third-order valence-electron chi connectivity index (χ3n) is 6.12. The fourth-order valence-corrected chi connectivity index (χ4v) is 4.79. The highest BCUT2D eigenvalue weighted by molar-refractivity contribution is 7.96. The number of piperidine rings is 1. The molecular formula is C25H39N3O2S. The van der Waals surface area contributed by atoms with Crippen molar-refractivity contribution < 1.29 is 9.53 Å². The third kappa shape index (κ3) is 7.26. The predicted octanol–water partition coefficient (Wildman–Crippen LogP) is 5.05. The summed E-state index contributed by atoms with van der Waals surface area (Å²) in [5, 5.41) is 0. The molecule has 0 aromatic heterocycles. The van der Waals surface area contributed by atoms with Gasteiger partial charge in [-0.25, -0.2) is 4.79 Å². The molecule has 2 fully saturated rings. The van der Waals surface area contributed by atoms with Crippen LogP contribution >= 0.6 is 11.9 Å². The summed E-state index contributed by atoms with van der Waals surface area (Å²) in [4.78, 5) is 17.8. The summed E-state index contributed by atoms with van der Waals surface area (Å²) in [6, 6.07) is 11.0. The van der Waals surface area contributed by atoms with Gasteiger partial charge in [-0.15, -0.1) is 0 Å². The fourth-order valence-electron chi connectivity index (χ4n) is 4.49. The molecule has 1 aromatic rings. The van der Waals surface area contributed by atoms with Gasteiger partial charge in [0.2, 0.25) is 0 Å². The Morgan fingerprint density at radius 2 is 1.94 bits per heavy atom. The number of rotatable bonds is 8. The molecular weight excluding hydrogens is 406 g/mol. The molecule has 0 spiro atoms. The summed E-state index contributed by atoms with van der Waals surface area (Å²) in [5.74, 6) is 0.427. The van der Waals surface area contributed by atoms with E-state index in [4.69, 9.17) is 4.74 Å². The van der Waals surface area contributed by atoms with Crippen LogP contribution in [0.25, 0.3) is 6.08 Å². The Kier molecular flexibility index (Phi) is 8.48. The highest BCUT2D eigenvalue weighted by Gasteiger charge is 2.48. The van der Waals surface area contributed by atoms with Crippen LogP contribution in [0.3, 0.4) is 0 Å². The Morgan fingerprint density at radius 3 is 2.55 bits per heavy atom. The molecule has 6 heteroatoms. The van der Waals surface area contributed by atoms with E-state index in [1.807, 2.05) is 26.8 Å². The van der Waals surface area contributed by atoms with Crippen LogP contribution in [0.5, 0.6) is 0 Å². The van der Waals surface area contributed by atoms with Gasteiger partial charge < -0.3 is 14.5 Å². The minimum Gasteiger partial charge on any atom is -0.444 e. The van der Waals surface area contributed by atoms with Crippen molar-refractivity contribution in [1.82, 2.24) is 14.5 Å². The number of likely N-dealkylation sites (tertiary alicyclic amines) is 1. The molecule has 1 aromatic carbocycles. The van der Waals surface area contributed by atoms with Crippen LogP contribution in [0.4, 0.5) is 4.79 Å². The Balaban J connectivity index is 1.66. The molecule has 0 radical (unpaired) electrons. The minimum atomic E-state index is -0.473. The lowest BCUT2D eigenvalue weighted by atomic mass is 10.0. The highest BCUT2D eigenvalue weighted by Crippen LogP contribution is 2.44. The zero-order chi connectivity index (χ0) is 22.4. The number of carbonyl (C=O) groups is 1. The predicted molar refractivity (Wildman–Crippen MR) is 131 cm³/mol. The highest BCUT2D eigenvalue weighted by atomic mass is 32.2. The van der Waals surface area contributed by atoms with Crippen LogP contribution in [0.2, 0.25) is 0 Å². The lowest BCUT2D eigenvalue weighted by Crippen LogP contribution is -2.50. The van der Waals surface area contributed by atoms with Crippen molar-refractivity contribution in [3.05, 3.63) is 41.5 Å². The van der Waals surface area contributed by atoms with Crippen molar-refractivity contribution in [2.75, 3.05) is 32.4 Å². The standard InChI is InChI=1S/C25H39N3O2S/c1-19(17-20-9-7-6-8-10-20)22-18-23(22)28(24(29)30-25(2,3)4)21-11-14-27(15-12-21)16-13-26-31-5/h6-10,17,21-23,26H,11-16,18H2,1-5H3/b19-17+/t22-,23+/m0/s1. The summed E-state index contributed by atoms with van der Waals surface area (Å²) in [6.07, 6.45) is 7.25. The van der Waals surface area contributed by atoms with E-state index in [0.29, 0.717) is 5.92 Å². The second-order valence-electron chi connectivity index (χ2n) is 9.77. The maximum absolute atomic E-state index is 13.2. The topological polar surface area (TPSA) is 44.8 Å². The normalized spacial score (nSPS) is 22.9. The molecule has 2 aliphatic rings. The number of nitrogens with zero attached hydrogens (tertiary/aromatic N) is 2. The SMILES string of the molecule is CSNCCN1CCC(N(C(=O)OC(C)(C)C)[C@@H]2C[C@H]2/C(C)=C/c2ccccc2)CC1. The summed E-state index contributed by atoms with van der Waals surface area (Å²) < 4.78 is 9.17. The van der Waals surface area contributed by atoms with E-state index in [1.54, 1.807) is 11.9 Å². The molecule has 1 N–H and O–H groups in total. The smallest absolute Gasteiger partial charge is 0.410 e. The average Bonchev–Trinajstić information content (AvgIpc) is 3.49. The molecule has 1 saturated carbocycles. The third-order valence-corrected chi connectivity index (χ3v) is 6.61. The van der Waals surface area contributed by atoms with Crippen LogP contribution in [0.15, 0.2) is 35.9 Å². The fraction of sp³-hybridized carbons (Fsp3) is 0.640. The van der Waals surface area contributed by atoms with E-state index in [2.05, 4.69) is 58.0 Å². The van der Waals surface area contributed by atoms with Gasteiger partial charge in [0, 0.05) is 44.2 Å². The van der Waals surface area contributed by atoms with Gasteiger partial charge in [-0.1, -0.05) is 53.9 Å². The van der Waals surface area contributed by atoms with Crippen molar-refractivity contribution in [2.45, 2.75) is 64.6 Å². The van der Waals surface area contributed by atoms with Gasteiger partial charge in [-0.3, -0.25) is 4.72 Å². The molecule has 172 valence electrons. The lowest BCUT2D eigenvalue weighted by molar-refractivity contribution is 0.00498. The van der Waals surface area contributed by atoms with Gasteiger partial charge >= 0.3 is 6.09 Å². The van der Waals surface area contributed by atoms with Gasteiger partial charge in [0.15, 0.2) is 0 Å². The van der Waals surface area contributed by atoms with Gasteiger partial charge in [-0.2, -0.15) is 0 Å². The summed E-state index contributed by atoms with van der Waals surface area (Å²) in [5.41, 5.74) is 2.10. The van der Waals surface area contributed by atoms with Crippen molar-refractivity contribution >= 4 is 24.1 Å². The molecule has 1 saturated heterocycles. The summed E-state index contributed by atoms with van der Waals surface area (Å²) in [6.45, 7) is 12.2. The molecule has 5 nitrogen and oxygen atoms in total. The van der Waals surface area contributed by atoms with Gasteiger partial charge in [-0.05, 0) is 58.8 Å². The Bertz CT molecular complexity index is 739. The second-order valence-corrected chi connectivity index (χ2v) is 10.5. The van der Waals surface area contributed by atoms with E-state index in [1.165, 1.54) is 11.1 Å². The number of nitrogens with one attached hydrogen (secondary N) is 1. The monoisotopic (exact) mass is 445 g/mol. The quantitative estimate of drug-likeness (QED) is 0.448. The largest absolute Gasteiger partial charge is 0.444 e. The zero-order valence-electron chi connectivity index (χ0n) is 19.8. The van der Waals surface area contributed by atoms with E-state index in [0.717, 1.165) is 45.4 Å². The Labute approximate surface area is 192 Å². The van der Waals surface area contributed by atoms with Crippen molar-refractivity contribution in [1.29, 1.82) is 0 Å². The Hall–Kier alpha value is -1.50. The first-order valence-corrected chi connectivity index (χ1v) is 12.7. The molecule has 1 heterocycles. The van der Waals surface area contributed by atoms with Crippen molar-refractivity contribution in [3.8, 4) is 0 Å². The van der Waals surface area contributed by atoms with Gasteiger partial charge in [0.05, 0.1) is 0 Å². The van der Waals surface area contributed by atoms with E-state index >= 15 is 0 Å². The number of carbonyl (C=O) groups excluding carboxylic acids is 1. The average molecular weight is 446 g/mol. The zero-order valence-corrected chi connectivity index (χ0v) is 20.6. The first-order chi connectivity index (χ1) is 14.8. The summed E-state index contributed by atoms with van der Waals surface area (Å²) >= 11 is 1.67. The van der Waals surface area contributed by atoms with Gasteiger partial charge in [0.1, 0.15) is 5.60 Å². The van der Waals surface area contributed by atoms with Crippen molar-refractivity contribution in [3.63, 3.8) is 0 Å². The van der Waals surface area contributed by atoms with E-state index < -0.39 is 5.60 Å². The first-order valence-electron chi connectivity index (χ1n) is 11.5. The van der Waals surface area contributed by atoms with E-state index in [9.17, 15) is 4.79 Å². The number of hydrogen-bond acceptors (Lipinski definition) is 5. The molecule has 0 bridgehead atoms. The van der Waals surface area contributed by atoms with Crippen LogP contribution in [0.1, 0.15) is 52.5 Å². The first kappa shape index (κ1) is 24.1. The van der Waals surface area contributed by atoms with Crippen molar-refractivity contribution in [2.24, 2.45) is 5.92 Å². The van der Waals surface area contributed by atoms with Crippen LogP contribution in [0, 0.1) is 5.92 Å². The van der Waals surface area contributed by atoms with Crippen LogP contribution in [-0.4, -0.2) is 66.0 Å². The molecule has 2 atom stereocenters. The number of amides is 1. The molecule has 3 rings (SSSR count). The van der Waals surface area contributed by atoms with Gasteiger partial charge in [0.25, 0.3) is 0 Å². The second kappa shape index (κ2) is 10.9. The number of ether oxygens (including phenoxy) is 1. The lowest BCUT2D eigenvalue weighted by Gasteiger charge is -2.39. The molecule has 1 amide bonds. The van der Waals surface area contributed by atoms with E-state index in [-0.39, 0.29) is 18.2 Å². The molecule has 1 aliphatic carbocycles. The number of hydrogen-bond donors (Lipinski definition) is 1. The van der Waals surface area contributed by atoms with Crippen LogP contribution < -0.4 is 4.72 Å². The molecule has 31 heavy (non-hydrogen) atoms. The summed E-state index contributed by atoms with van der Waals surface area (Å²) in [7, 11) is 0. The maximum Gasteiger partial charge on any atom is 0.410 e. The Morgan fingerprint density at radius 1 is 1.26 bits per heavy atom. The molecule has 1 aliphatic heterocycles. The maximum atomic E-state index is 13.2. The minimum absolute atomic E-state index is 0.144. The number of benzene rings is 1. The molecule has 0 unspecified atom stereocenters.